The van der Waals surface area contributed by atoms with Crippen molar-refractivity contribution in [2.45, 2.75) is 24.5 Å². The highest BCUT2D eigenvalue weighted by Crippen LogP contribution is 2.43. The fourth-order valence-electron chi connectivity index (χ4n) is 2.62. The number of aryl methyl sites for hydroxylation is 1. The highest BCUT2D eigenvalue weighted by atomic mass is 32.2. The van der Waals surface area contributed by atoms with Gasteiger partial charge in [0.1, 0.15) is 5.75 Å². The molecule has 3 rings (SSSR count). The van der Waals surface area contributed by atoms with Gasteiger partial charge < -0.3 is 10.1 Å². The number of carbonyl (C=O) groups is 1. The monoisotopic (exact) mass is 373 g/mol. The van der Waals surface area contributed by atoms with Crippen LogP contribution in [0.4, 0.5) is 0 Å². The van der Waals surface area contributed by atoms with Crippen LogP contribution in [0.1, 0.15) is 27.7 Å². The summed E-state index contributed by atoms with van der Waals surface area (Å²) in [6.07, 6.45) is 1.30. The topological polar surface area (TPSA) is 38.3 Å². The van der Waals surface area contributed by atoms with Gasteiger partial charge in [-0.15, -0.1) is 23.5 Å². The Balaban J connectivity index is 1.43. The molecule has 0 radical (unpaired) electrons. The molecule has 1 aliphatic rings. The molecule has 0 spiro atoms. The molecular weight excluding hydrogens is 350 g/mol. The molecular formula is C20H23NO2S2. The van der Waals surface area contributed by atoms with Gasteiger partial charge in [0.25, 0.3) is 5.91 Å². The first-order chi connectivity index (χ1) is 12.2. The molecule has 0 bridgehead atoms. The summed E-state index contributed by atoms with van der Waals surface area (Å²) in [5.41, 5.74) is 3.61. The average molecular weight is 374 g/mol. The van der Waals surface area contributed by atoms with E-state index < -0.39 is 0 Å². The second-order valence-electron chi connectivity index (χ2n) is 6.05. The predicted octanol–water partition coefficient (Wildman–Crippen LogP) is 4.56. The van der Waals surface area contributed by atoms with Crippen LogP contribution in [0.5, 0.6) is 5.75 Å². The lowest BCUT2D eigenvalue weighted by Crippen LogP contribution is -2.28. The van der Waals surface area contributed by atoms with Crippen molar-refractivity contribution in [1.82, 2.24) is 5.32 Å². The summed E-state index contributed by atoms with van der Waals surface area (Å²) < 4.78 is 6.12. The highest BCUT2D eigenvalue weighted by Gasteiger charge is 2.16. The third-order valence-electron chi connectivity index (χ3n) is 3.92. The van der Waals surface area contributed by atoms with E-state index in [9.17, 15) is 4.79 Å². The van der Waals surface area contributed by atoms with Gasteiger partial charge >= 0.3 is 0 Å². The highest BCUT2D eigenvalue weighted by molar-refractivity contribution is 8.16. The van der Waals surface area contributed by atoms with Crippen molar-refractivity contribution >= 4 is 29.4 Å². The minimum atomic E-state index is -0.107. The van der Waals surface area contributed by atoms with E-state index in [-0.39, 0.29) is 12.5 Å². The first kappa shape index (κ1) is 18.2. The Labute approximate surface area is 157 Å². The standard InChI is InChI=1S/C20H23NO2S2/c1-15-4-2-5-16(12-15)13-21-19(22)14-23-18-8-6-17(7-9-18)20-24-10-3-11-25-20/h2,4-9,12,20H,3,10-11,13-14H2,1H3,(H,21,22). The van der Waals surface area contributed by atoms with E-state index in [0.717, 1.165) is 11.3 Å². The Bertz CT molecular complexity index is 697. The van der Waals surface area contributed by atoms with Crippen molar-refractivity contribution in [2.75, 3.05) is 18.1 Å². The van der Waals surface area contributed by atoms with Crippen LogP contribution in [0.25, 0.3) is 0 Å². The first-order valence-corrected chi connectivity index (χ1v) is 10.6. The molecule has 2 aromatic carbocycles. The van der Waals surface area contributed by atoms with Crippen LogP contribution in [-0.4, -0.2) is 24.0 Å². The molecule has 1 N–H and O–H groups in total. The number of thioether (sulfide) groups is 2. The Morgan fingerprint density at radius 1 is 1.16 bits per heavy atom. The zero-order valence-electron chi connectivity index (χ0n) is 14.4. The average Bonchev–Trinajstić information content (AvgIpc) is 2.66. The first-order valence-electron chi connectivity index (χ1n) is 8.49. The van der Waals surface area contributed by atoms with Crippen LogP contribution >= 0.6 is 23.5 Å². The lowest BCUT2D eigenvalue weighted by atomic mass is 10.1. The number of hydrogen-bond donors (Lipinski definition) is 1. The normalized spacial score (nSPS) is 14.9. The molecule has 1 heterocycles. The maximum atomic E-state index is 11.9. The number of nitrogens with one attached hydrogen (secondary N) is 1. The molecule has 132 valence electrons. The van der Waals surface area contributed by atoms with Gasteiger partial charge in [0.15, 0.2) is 6.61 Å². The summed E-state index contributed by atoms with van der Waals surface area (Å²) >= 11 is 4.01. The van der Waals surface area contributed by atoms with Crippen molar-refractivity contribution in [3.63, 3.8) is 0 Å². The van der Waals surface area contributed by atoms with Crippen molar-refractivity contribution < 1.29 is 9.53 Å². The second kappa shape index (κ2) is 9.20. The SMILES string of the molecule is Cc1cccc(CNC(=O)COc2ccc(C3SCCCS3)cc2)c1. The van der Waals surface area contributed by atoms with Gasteiger partial charge in [-0.3, -0.25) is 4.79 Å². The minimum absolute atomic E-state index is 0.0398. The van der Waals surface area contributed by atoms with E-state index in [4.69, 9.17) is 4.74 Å². The number of hydrogen-bond acceptors (Lipinski definition) is 4. The van der Waals surface area contributed by atoms with E-state index in [1.54, 1.807) is 0 Å². The molecule has 2 aromatic rings. The summed E-state index contributed by atoms with van der Waals surface area (Å²) in [5, 5.41) is 2.89. The molecule has 0 unspecified atom stereocenters. The summed E-state index contributed by atoms with van der Waals surface area (Å²) in [6.45, 7) is 2.61. The van der Waals surface area contributed by atoms with Gasteiger partial charge in [0.05, 0.1) is 4.58 Å². The van der Waals surface area contributed by atoms with Crippen molar-refractivity contribution in [3.05, 3.63) is 65.2 Å². The fourth-order valence-corrected chi connectivity index (χ4v) is 5.52. The molecule has 0 atom stereocenters. The number of carbonyl (C=O) groups excluding carboxylic acids is 1. The minimum Gasteiger partial charge on any atom is -0.484 e. The predicted molar refractivity (Wildman–Crippen MR) is 107 cm³/mol. The molecule has 1 saturated heterocycles. The number of ether oxygens (including phenoxy) is 1. The van der Waals surface area contributed by atoms with Crippen LogP contribution in [0.15, 0.2) is 48.5 Å². The molecule has 3 nitrogen and oxygen atoms in total. The molecule has 0 saturated carbocycles. The molecule has 0 aromatic heterocycles. The Morgan fingerprint density at radius 3 is 2.64 bits per heavy atom. The molecule has 1 aliphatic heterocycles. The molecule has 25 heavy (non-hydrogen) atoms. The van der Waals surface area contributed by atoms with Gasteiger partial charge in [0, 0.05) is 6.54 Å². The van der Waals surface area contributed by atoms with Gasteiger partial charge in [-0.2, -0.15) is 0 Å². The lowest BCUT2D eigenvalue weighted by Gasteiger charge is -2.21. The second-order valence-corrected chi connectivity index (χ2v) is 8.77. The number of amides is 1. The van der Waals surface area contributed by atoms with E-state index in [1.165, 1.54) is 29.1 Å². The van der Waals surface area contributed by atoms with Crippen LogP contribution in [0, 0.1) is 6.92 Å². The number of rotatable bonds is 6. The van der Waals surface area contributed by atoms with E-state index in [1.807, 2.05) is 60.8 Å². The van der Waals surface area contributed by atoms with Crippen LogP contribution < -0.4 is 10.1 Å². The van der Waals surface area contributed by atoms with Gasteiger partial charge in [-0.25, -0.2) is 0 Å². The Hall–Kier alpha value is -1.59. The summed E-state index contributed by atoms with van der Waals surface area (Å²) in [7, 11) is 0. The van der Waals surface area contributed by atoms with E-state index in [2.05, 4.69) is 23.5 Å². The summed E-state index contributed by atoms with van der Waals surface area (Å²) in [6, 6.07) is 16.2. The Kier molecular flexibility index (Phi) is 6.70. The number of benzene rings is 2. The largest absolute Gasteiger partial charge is 0.484 e. The maximum absolute atomic E-state index is 11.9. The quantitative estimate of drug-likeness (QED) is 0.806. The van der Waals surface area contributed by atoms with Crippen LogP contribution in [0.3, 0.4) is 0 Å². The van der Waals surface area contributed by atoms with Gasteiger partial charge in [-0.1, -0.05) is 42.0 Å². The fraction of sp³-hybridized carbons (Fsp3) is 0.350. The lowest BCUT2D eigenvalue weighted by molar-refractivity contribution is -0.123. The summed E-state index contributed by atoms with van der Waals surface area (Å²) in [5.74, 6) is 3.10. The van der Waals surface area contributed by atoms with Crippen molar-refractivity contribution in [3.8, 4) is 5.75 Å². The van der Waals surface area contributed by atoms with Crippen LogP contribution in [-0.2, 0) is 11.3 Å². The van der Waals surface area contributed by atoms with E-state index >= 15 is 0 Å². The molecule has 0 aliphatic carbocycles. The van der Waals surface area contributed by atoms with Gasteiger partial charge in [-0.05, 0) is 48.1 Å². The maximum Gasteiger partial charge on any atom is 0.258 e. The van der Waals surface area contributed by atoms with Crippen molar-refractivity contribution in [1.29, 1.82) is 0 Å². The molecule has 1 fully saturated rings. The zero-order valence-corrected chi connectivity index (χ0v) is 16.0. The van der Waals surface area contributed by atoms with Crippen LogP contribution in [0.2, 0.25) is 0 Å². The molecule has 1 amide bonds. The summed E-state index contributed by atoms with van der Waals surface area (Å²) in [4.78, 5) is 11.9. The third kappa shape index (κ3) is 5.72. The third-order valence-corrected chi connectivity index (χ3v) is 6.94. The molecule has 5 heteroatoms. The Morgan fingerprint density at radius 2 is 1.92 bits per heavy atom. The smallest absolute Gasteiger partial charge is 0.258 e. The van der Waals surface area contributed by atoms with Crippen molar-refractivity contribution in [2.24, 2.45) is 0 Å². The zero-order chi connectivity index (χ0) is 17.5. The van der Waals surface area contributed by atoms with E-state index in [0.29, 0.717) is 11.1 Å². The van der Waals surface area contributed by atoms with Gasteiger partial charge in [0.2, 0.25) is 0 Å².